The summed E-state index contributed by atoms with van der Waals surface area (Å²) in [5.41, 5.74) is 14.9. The first-order valence-electron chi connectivity index (χ1n) is 18.6. The summed E-state index contributed by atoms with van der Waals surface area (Å²) in [6.07, 6.45) is 0. The van der Waals surface area contributed by atoms with Crippen LogP contribution in [0.5, 0.6) is 0 Å². The van der Waals surface area contributed by atoms with Crippen molar-refractivity contribution in [2.45, 2.75) is 0 Å². The van der Waals surface area contributed by atoms with Crippen LogP contribution in [-0.4, -0.2) is 9.97 Å². The molecule has 10 aromatic rings. The molecule has 0 saturated carbocycles. The molecule has 0 aliphatic carbocycles. The Morgan fingerprint density at radius 2 is 0.673 bits per heavy atom. The molecule has 10 rings (SSSR count). The van der Waals surface area contributed by atoms with Crippen LogP contribution in [-0.2, 0) is 0 Å². The molecular formula is C52H34N2S. The minimum Gasteiger partial charge on any atom is -0.227 e. The summed E-state index contributed by atoms with van der Waals surface area (Å²) < 4.78 is 1.21. The quantitative estimate of drug-likeness (QED) is 0.164. The second kappa shape index (κ2) is 14.1. The van der Waals surface area contributed by atoms with Crippen molar-refractivity contribution < 1.29 is 0 Å². The predicted octanol–water partition coefficient (Wildman–Crippen LogP) is 14.5. The van der Waals surface area contributed by atoms with E-state index in [4.69, 9.17) is 9.97 Å². The maximum Gasteiger partial charge on any atom is 0.161 e. The van der Waals surface area contributed by atoms with E-state index >= 15 is 0 Å². The predicted molar refractivity (Wildman–Crippen MR) is 233 cm³/mol. The van der Waals surface area contributed by atoms with Gasteiger partial charge in [-0.15, -0.1) is 11.3 Å². The van der Waals surface area contributed by atoms with Crippen molar-refractivity contribution in [1.82, 2.24) is 9.97 Å². The Hall–Kier alpha value is -6.94. The molecule has 0 atom stereocenters. The van der Waals surface area contributed by atoms with Crippen molar-refractivity contribution in [2.24, 2.45) is 0 Å². The molecule has 0 unspecified atom stereocenters. The van der Waals surface area contributed by atoms with Gasteiger partial charge in [-0.1, -0.05) is 176 Å². The molecule has 0 fully saturated rings. The minimum atomic E-state index is 0.727. The summed E-state index contributed by atoms with van der Waals surface area (Å²) in [4.78, 5) is 11.5. The van der Waals surface area contributed by atoms with Gasteiger partial charge in [0.05, 0.1) is 5.69 Å². The first kappa shape index (κ1) is 32.7. The molecule has 0 aliphatic heterocycles. The molecule has 0 saturated heterocycles. The monoisotopic (exact) mass is 718 g/mol. The van der Waals surface area contributed by atoms with Gasteiger partial charge in [0.15, 0.2) is 5.82 Å². The highest BCUT2D eigenvalue weighted by molar-refractivity contribution is 7.25. The van der Waals surface area contributed by atoms with Gasteiger partial charge in [-0.2, -0.15) is 0 Å². The topological polar surface area (TPSA) is 25.8 Å². The Kier molecular flexibility index (Phi) is 8.40. The van der Waals surface area contributed by atoms with Gasteiger partial charge in [-0.25, -0.2) is 9.97 Å². The van der Waals surface area contributed by atoms with Crippen LogP contribution in [0.2, 0.25) is 0 Å². The van der Waals surface area contributed by atoms with Crippen molar-refractivity contribution in [2.75, 3.05) is 0 Å². The summed E-state index contributed by atoms with van der Waals surface area (Å²) in [6.45, 7) is 0. The summed E-state index contributed by atoms with van der Waals surface area (Å²) in [7, 11) is 0. The summed E-state index contributed by atoms with van der Waals surface area (Å²) in [5, 5.41) is 2.30. The van der Waals surface area contributed by atoms with Crippen molar-refractivity contribution in [3.63, 3.8) is 0 Å². The van der Waals surface area contributed by atoms with Crippen molar-refractivity contribution in [3.05, 3.63) is 206 Å². The number of hydrogen-bond donors (Lipinski definition) is 0. The lowest BCUT2D eigenvalue weighted by Crippen LogP contribution is -1.94. The summed E-state index contributed by atoms with van der Waals surface area (Å²) in [5.74, 6) is 0.727. The molecule has 258 valence electrons. The molecule has 0 bridgehead atoms. The zero-order chi connectivity index (χ0) is 36.6. The zero-order valence-electron chi connectivity index (χ0n) is 29.9. The first-order chi connectivity index (χ1) is 27.2. The van der Waals surface area contributed by atoms with Crippen LogP contribution in [0.25, 0.3) is 98.6 Å². The number of aromatic nitrogens is 2. The van der Waals surface area contributed by atoms with Crippen LogP contribution in [0.1, 0.15) is 0 Å². The van der Waals surface area contributed by atoms with Crippen LogP contribution in [0.15, 0.2) is 206 Å². The fraction of sp³-hybridized carbons (Fsp3) is 0. The van der Waals surface area contributed by atoms with Gasteiger partial charge in [0.1, 0.15) is 4.83 Å². The van der Waals surface area contributed by atoms with Crippen LogP contribution >= 0.6 is 11.3 Å². The van der Waals surface area contributed by atoms with Gasteiger partial charge in [0.2, 0.25) is 0 Å². The highest BCUT2D eigenvalue weighted by Gasteiger charge is 2.17. The van der Waals surface area contributed by atoms with E-state index in [9.17, 15) is 0 Å². The highest BCUT2D eigenvalue weighted by Crippen LogP contribution is 2.40. The normalized spacial score (nSPS) is 11.3. The average Bonchev–Trinajstić information content (AvgIpc) is 3.66. The molecule has 0 radical (unpaired) electrons. The van der Waals surface area contributed by atoms with E-state index in [1.165, 1.54) is 54.6 Å². The highest BCUT2D eigenvalue weighted by atomic mass is 32.1. The van der Waals surface area contributed by atoms with Crippen molar-refractivity contribution >= 4 is 31.6 Å². The van der Waals surface area contributed by atoms with Crippen LogP contribution in [0.4, 0.5) is 0 Å². The summed E-state index contributed by atoms with van der Waals surface area (Å²) in [6, 6.07) is 73.5. The summed E-state index contributed by atoms with van der Waals surface area (Å²) >= 11 is 1.73. The molecule has 0 amide bonds. The third-order valence-electron chi connectivity index (χ3n) is 10.3. The number of thiophene rings is 1. The van der Waals surface area contributed by atoms with E-state index in [-0.39, 0.29) is 0 Å². The van der Waals surface area contributed by atoms with E-state index in [0.717, 1.165) is 44.0 Å². The van der Waals surface area contributed by atoms with Crippen LogP contribution in [0, 0.1) is 0 Å². The lowest BCUT2D eigenvalue weighted by Gasteiger charge is -2.11. The van der Waals surface area contributed by atoms with Crippen molar-refractivity contribution in [3.8, 4) is 78.3 Å². The lowest BCUT2D eigenvalue weighted by molar-refractivity contribution is 1.24. The number of fused-ring (bicyclic) bond motifs is 3. The maximum atomic E-state index is 5.33. The molecular weight excluding hydrogens is 685 g/mol. The largest absolute Gasteiger partial charge is 0.227 e. The molecule has 8 aromatic carbocycles. The third-order valence-corrected chi connectivity index (χ3v) is 11.4. The second-order valence-electron chi connectivity index (χ2n) is 13.8. The zero-order valence-corrected chi connectivity index (χ0v) is 30.7. The van der Waals surface area contributed by atoms with Gasteiger partial charge in [0.25, 0.3) is 0 Å². The van der Waals surface area contributed by atoms with E-state index in [1.807, 2.05) is 0 Å². The van der Waals surface area contributed by atoms with Crippen molar-refractivity contribution in [1.29, 1.82) is 0 Å². The fourth-order valence-electron chi connectivity index (χ4n) is 7.52. The molecule has 0 N–H and O–H groups in total. The van der Waals surface area contributed by atoms with E-state index in [1.54, 1.807) is 11.3 Å². The molecule has 0 aliphatic rings. The average molecular weight is 719 g/mol. The number of hydrogen-bond acceptors (Lipinski definition) is 3. The maximum absolute atomic E-state index is 5.33. The Bertz CT molecular complexity index is 2960. The first-order valence-corrected chi connectivity index (χ1v) is 19.4. The van der Waals surface area contributed by atoms with Crippen LogP contribution < -0.4 is 0 Å². The minimum absolute atomic E-state index is 0.727. The Labute approximate surface area is 324 Å². The van der Waals surface area contributed by atoms with Gasteiger partial charge < -0.3 is 0 Å². The molecule has 3 heteroatoms. The number of rotatable bonds is 7. The van der Waals surface area contributed by atoms with Crippen LogP contribution in [0.3, 0.4) is 0 Å². The molecule has 2 aromatic heterocycles. The van der Waals surface area contributed by atoms with Gasteiger partial charge >= 0.3 is 0 Å². The number of nitrogens with zero attached hydrogens (tertiary/aromatic N) is 2. The third kappa shape index (κ3) is 6.41. The smallest absolute Gasteiger partial charge is 0.161 e. The molecule has 2 nitrogen and oxygen atoms in total. The number of benzene rings is 8. The van der Waals surface area contributed by atoms with E-state index in [2.05, 4.69) is 206 Å². The van der Waals surface area contributed by atoms with Gasteiger partial charge in [0, 0.05) is 26.6 Å². The SMILES string of the molecule is c1ccc(-c2ccc(-c3nc(-c4cccc(-c5cccc(-c6cccc(-c7cccc(-c8ccccc8)c7)c6)c5)c4)nc4sc5ccccc5c34)cc2)cc1. The standard InChI is InChI=1S/C52H34N2S/c1-3-13-35(14-4-1)37-27-29-38(30-28-37)50-49-47-25-7-8-26-48(47)55-52(49)54-51(53-50)46-24-12-23-45(34-46)44-22-11-21-43(33-44)42-20-10-19-41(32-42)40-18-9-17-39(31-40)36-15-5-2-6-16-36/h1-34H. The Morgan fingerprint density at radius 1 is 0.291 bits per heavy atom. The van der Waals surface area contributed by atoms with E-state index < -0.39 is 0 Å². The fourth-order valence-corrected chi connectivity index (χ4v) is 8.59. The molecule has 55 heavy (non-hydrogen) atoms. The Morgan fingerprint density at radius 3 is 1.22 bits per heavy atom. The van der Waals surface area contributed by atoms with E-state index in [0.29, 0.717) is 0 Å². The lowest BCUT2D eigenvalue weighted by atomic mass is 9.94. The molecule has 2 heterocycles. The van der Waals surface area contributed by atoms with Gasteiger partial charge in [-0.3, -0.25) is 0 Å². The van der Waals surface area contributed by atoms with Gasteiger partial charge in [-0.05, 0) is 86.0 Å². The Balaban J connectivity index is 1.01. The second-order valence-corrected chi connectivity index (χ2v) is 14.8. The molecule has 0 spiro atoms.